The molecule has 13 nitrogen and oxygen atoms in total. The first-order valence-corrected chi connectivity index (χ1v) is 15.5. The summed E-state index contributed by atoms with van der Waals surface area (Å²) >= 11 is 0. The Morgan fingerprint density at radius 3 is 2.39 bits per heavy atom. The van der Waals surface area contributed by atoms with Crippen LogP contribution in [0.15, 0.2) is 36.4 Å². The summed E-state index contributed by atoms with van der Waals surface area (Å²) in [6.07, 6.45) is 0.974. The van der Waals surface area contributed by atoms with Crippen molar-refractivity contribution < 1.29 is 38.6 Å². The fourth-order valence-corrected chi connectivity index (χ4v) is 5.40. The van der Waals surface area contributed by atoms with Crippen LogP contribution in [0.3, 0.4) is 0 Å². The number of amides is 3. The maximum atomic E-state index is 13.4. The van der Waals surface area contributed by atoms with Crippen LogP contribution >= 0.6 is 7.60 Å². The molecule has 1 saturated carbocycles. The van der Waals surface area contributed by atoms with Crippen molar-refractivity contribution in [2.75, 3.05) is 45.6 Å². The van der Waals surface area contributed by atoms with Gasteiger partial charge in [0.2, 0.25) is 5.91 Å². The summed E-state index contributed by atoms with van der Waals surface area (Å²) < 4.78 is 17.1. The normalized spacial score (nSPS) is 19.4. The molecule has 2 fully saturated rings. The molecule has 0 bridgehead atoms. The van der Waals surface area contributed by atoms with Crippen molar-refractivity contribution in [1.82, 2.24) is 25.1 Å². The molecule has 2 aromatic rings. The van der Waals surface area contributed by atoms with Gasteiger partial charge >= 0.3 is 13.7 Å². The number of aliphatic hydroxyl groups excluding tert-OH is 1. The highest BCUT2D eigenvalue weighted by Gasteiger charge is 2.40. The number of piperazine rings is 1. The topological polar surface area (TPSA) is 182 Å². The van der Waals surface area contributed by atoms with Crippen molar-refractivity contribution in [3.63, 3.8) is 0 Å². The highest BCUT2D eigenvalue weighted by molar-refractivity contribution is 7.51. The van der Waals surface area contributed by atoms with E-state index in [1.165, 1.54) is 15.9 Å². The van der Waals surface area contributed by atoms with Crippen molar-refractivity contribution in [3.05, 3.63) is 47.8 Å². The number of rotatable bonds is 11. The second kappa shape index (κ2) is 13.5. The Hall–Kier alpha value is -3.38. The van der Waals surface area contributed by atoms with Crippen molar-refractivity contribution in [1.29, 1.82) is 0 Å². The van der Waals surface area contributed by atoms with E-state index in [2.05, 4.69) is 15.3 Å². The molecule has 1 aliphatic carbocycles. The largest absolute Gasteiger partial charge is 0.449 e. The number of aliphatic hydroxyl groups is 1. The molecular formula is C27H36N5O8P. The molecule has 1 saturated heterocycles. The smallest absolute Gasteiger partial charge is 0.409 e. The monoisotopic (exact) mass is 589 g/mol. The zero-order chi connectivity index (χ0) is 29.6. The van der Waals surface area contributed by atoms with E-state index in [1.807, 2.05) is 13.0 Å². The Morgan fingerprint density at radius 1 is 1.10 bits per heavy atom. The van der Waals surface area contributed by atoms with Crippen LogP contribution in [0.2, 0.25) is 0 Å². The third-order valence-corrected chi connectivity index (χ3v) is 7.99. The highest BCUT2D eigenvalue weighted by atomic mass is 31.2. The van der Waals surface area contributed by atoms with Gasteiger partial charge in [0.1, 0.15) is 11.7 Å². The van der Waals surface area contributed by atoms with E-state index in [-0.39, 0.29) is 56.1 Å². The third kappa shape index (κ3) is 8.32. The van der Waals surface area contributed by atoms with Gasteiger partial charge in [-0.3, -0.25) is 14.2 Å². The summed E-state index contributed by atoms with van der Waals surface area (Å²) in [5, 5.41) is 12.0. The second-order valence-electron chi connectivity index (χ2n) is 10.3. The number of nitrogens with one attached hydrogen (secondary N) is 1. The predicted molar refractivity (Wildman–Crippen MR) is 148 cm³/mol. The lowest BCUT2D eigenvalue weighted by molar-refractivity contribution is -0.134. The molecule has 14 heteroatoms. The Kier molecular flexibility index (Phi) is 10.1. The van der Waals surface area contributed by atoms with Gasteiger partial charge in [-0.05, 0) is 24.8 Å². The quantitative estimate of drug-likeness (QED) is 0.222. The van der Waals surface area contributed by atoms with Gasteiger partial charge < -0.3 is 34.7 Å². The SMILES string of the molecule is CCCCOC(=O)N1CCN(C(=O)C(CP(=O)(O)O)NC(=O)c2cc([C@H]3C[C@@H]3CO)nc(-c3ccccc3)n2)CC1. The molecule has 1 aromatic carbocycles. The molecule has 2 aliphatic rings. The summed E-state index contributed by atoms with van der Waals surface area (Å²) in [5.74, 6) is -1.18. The number of ether oxygens (including phenoxy) is 1. The molecule has 41 heavy (non-hydrogen) atoms. The fraction of sp³-hybridized carbons (Fsp3) is 0.519. The number of nitrogens with zero attached hydrogens (tertiary/aromatic N) is 4. The van der Waals surface area contributed by atoms with Crippen LogP contribution < -0.4 is 5.32 Å². The first-order chi connectivity index (χ1) is 19.6. The van der Waals surface area contributed by atoms with E-state index in [0.29, 0.717) is 24.3 Å². The summed E-state index contributed by atoms with van der Waals surface area (Å²) in [6.45, 7) is 2.90. The average molecular weight is 590 g/mol. The molecule has 0 spiro atoms. The zero-order valence-electron chi connectivity index (χ0n) is 22.9. The van der Waals surface area contributed by atoms with Crippen LogP contribution in [0.25, 0.3) is 11.4 Å². The van der Waals surface area contributed by atoms with Crippen molar-refractivity contribution in [3.8, 4) is 11.4 Å². The maximum absolute atomic E-state index is 13.4. The molecule has 1 unspecified atom stereocenters. The van der Waals surface area contributed by atoms with Gasteiger partial charge in [-0.25, -0.2) is 14.8 Å². The minimum atomic E-state index is -4.71. The molecule has 1 aromatic heterocycles. The number of hydrogen-bond acceptors (Lipinski definition) is 8. The molecule has 2 heterocycles. The van der Waals surface area contributed by atoms with Gasteiger partial charge in [0.25, 0.3) is 5.91 Å². The Balaban J connectivity index is 1.50. The fourth-order valence-electron chi connectivity index (χ4n) is 4.68. The van der Waals surface area contributed by atoms with Gasteiger partial charge in [0, 0.05) is 50.0 Å². The number of aromatic nitrogens is 2. The van der Waals surface area contributed by atoms with E-state index in [0.717, 1.165) is 12.8 Å². The molecule has 0 radical (unpaired) electrons. The van der Waals surface area contributed by atoms with Gasteiger partial charge in [-0.1, -0.05) is 43.7 Å². The van der Waals surface area contributed by atoms with Crippen LogP contribution in [0.4, 0.5) is 4.79 Å². The van der Waals surface area contributed by atoms with E-state index in [1.54, 1.807) is 24.3 Å². The molecule has 4 N–H and O–H groups in total. The van der Waals surface area contributed by atoms with E-state index >= 15 is 0 Å². The number of carbonyl (C=O) groups excluding carboxylic acids is 3. The van der Waals surface area contributed by atoms with Crippen LogP contribution in [-0.2, 0) is 14.1 Å². The number of unbranched alkanes of at least 4 members (excludes halogenated alkanes) is 1. The van der Waals surface area contributed by atoms with Crippen LogP contribution in [0.1, 0.15) is 48.3 Å². The first-order valence-electron chi connectivity index (χ1n) is 13.7. The maximum Gasteiger partial charge on any atom is 0.409 e. The lowest BCUT2D eigenvalue weighted by Gasteiger charge is -2.36. The Bertz CT molecular complexity index is 1280. The van der Waals surface area contributed by atoms with Gasteiger partial charge in [-0.2, -0.15) is 0 Å². The first kappa shape index (κ1) is 30.6. The molecular weight excluding hydrogens is 553 g/mol. The Morgan fingerprint density at radius 2 is 1.78 bits per heavy atom. The third-order valence-electron chi connectivity index (χ3n) is 7.14. The van der Waals surface area contributed by atoms with Crippen LogP contribution in [-0.4, -0.2) is 104 Å². The van der Waals surface area contributed by atoms with E-state index in [9.17, 15) is 33.8 Å². The molecule has 1 aliphatic heterocycles. The molecule has 3 amide bonds. The Labute approximate surface area is 238 Å². The lowest BCUT2D eigenvalue weighted by atomic mass is 10.1. The number of carbonyl (C=O) groups is 3. The number of hydrogen-bond donors (Lipinski definition) is 4. The summed E-state index contributed by atoms with van der Waals surface area (Å²) in [6, 6.07) is 8.99. The van der Waals surface area contributed by atoms with Crippen LogP contribution in [0.5, 0.6) is 0 Å². The minimum absolute atomic E-state index is 0.0144. The van der Waals surface area contributed by atoms with Crippen LogP contribution in [0, 0.1) is 5.92 Å². The average Bonchev–Trinajstić information content (AvgIpc) is 3.76. The summed E-state index contributed by atoms with van der Waals surface area (Å²) in [4.78, 5) is 70.2. The lowest BCUT2D eigenvalue weighted by Crippen LogP contribution is -2.56. The highest BCUT2D eigenvalue weighted by Crippen LogP contribution is 2.46. The molecule has 3 atom stereocenters. The van der Waals surface area contributed by atoms with Crippen molar-refractivity contribution >= 4 is 25.5 Å². The number of benzene rings is 1. The predicted octanol–water partition coefficient (Wildman–Crippen LogP) is 1.60. The van der Waals surface area contributed by atoms with E-state index in [4.69, 9.17) is 4.74 Å². The molecule has 222 valence electrons. The van der Waals surface area contributed by atoms with Gasteiger partial charge in [0.05, 0.1) is 12.8 Å². The van der Waals surface area contributed by atoms with Crippen molar-refractivity contribution in [2.45, 2.75) is 38.1 Å². The summed E-state index contributed by atoms with van der Waals surface area (Å²) in [5.41, 5.74) is 1.18. The summed E-state index contributed by atoms with van der Waals surface area (Å²) in [7, 11) is -4.71. The standard InChI is InChI=1S/C27H36N5O8P/c1-2-3-13-40-27(36)32-11-9-31(10-12-32)26(35)23(17-41(37,38)39)30-25(34)22-15-21(20-14-19(20)16-33)28-24(29-22)18-7-5-4-6-8-18/h4-8,15,19-20,23,33H,2-3,9-14,16-17H2,1H3,(H,30,34)(H2,37,38,39)/t19-,20+,23?/m1/s1. The molecule has 4 rings (SSSR count). The van der Waals surface area contributed by atoms with Gasteiger partial charge in [0.15, 0.2) is 5.82 Å². The van der Waals surface area contributed by atoms with E-state index < -0.39 is 37.7 Å². The zero-order valence-corrected chi connectivity index (χ0v) is 23.8. The van der Waals surface area contributed by atoms with Crippen molar-refractivity contribution in [2.24, 2.45) is 5.92 Å². The second-order valence-corrected chi connectivity index (χ2v) is 12.0. The minimum Gasteiger partial charge on any atom is -0.449 e. The van der Waals surface area contributed by atoms with Gasteiger partial charge in [-0.15, -0.1) is 0 Å².